The zero-order valence-electron chi connectivity index (χ0n) is 10.2. The third kappa shape index (κ3) is 3.23. The zero-order chi connectivity index (χ0) is 13.0. The Morgan fingerprint density at radius 3 is 2.50 bits per heavy atom. The lowest BCUT2D eigenvalue weighted by Crippen LogP contribution is -2.43. The first-order valence-corrected chi connectivity index (χ1v) is 6.24. The van der Waals surface area contributed by atoms with Crippen molar-refractivity contribution in [1.82, 2.24) is 10.2 Å². The van der Waals surface area contributed by atoms with Crippen molar-refractivity contribution in [2.45, 2.75) is 12.8 Å². The maximum absolute atomic E-state index is 13.4. The summed E-state index contributed by atoms with van der Waals surface area (Å²) >= 11 is 0. The first-order valence-electron chi connectivity index (χ1n) is 6.24. The SMILES string of the molecule is Fc1ccc(CCCN2CCNCC2)c(F)c1F. The fourth-order valence-electron chi connectivity index (χ4n) is 2.19. The Morgan fingerprint density at radius 2 is 1.78 bits per heavy atom. The van der Waals surface area contributed by atoms with Crippen LogP contribution in [0.4, 0.5) is 13.2 Å². The number of nitrogens with one attached hydrogen (secondary N) is 1. The van der Waals surface area contributed by atoms with E-state index in [0.717, 1.165) is 45.2 Å². The predicted octanol–water partition coefficient (Wildman–Crippen LogP) is 1.94. The van der Waals surface area contributed by atoms with E-state index in [2.05, 4.69) is 10.2 Å². The quantitative estimate of drug-likeness (QED) is 0.830. The molecule has 2 nitrogen and oxygen atoms in total. The molecule has 18 heavy (non-hydrogen) atoms. The van der Waals surface area contributed by atoms with Gasteiger partial charge in [0, 0.05) is 26.2 Å². The topological polar surface area (TPSA) is 15.3 Å². The molecule has 5 heteroatoms. The highest BCUT2D eigenvalue weighted by Crippen LogP contribution is 2.16. The number of nitrogens with zero attached hydrogens (tertiary/aromatic N) is 1. The molecule has 1 N–H and O–H groups in total. The van der Waals surface area contributed by atoms with Crippen LogP contribution in [-0.2, 0) is 6.42 Å². The Labute approximate surface area is 105 Å². The largest absolute Gasteiger partial charge is 0.314 e. The van der Waals surface area contributed by atoms with Crippen molar-refractivity contribution in [2.75, 3.05) is 32.7 Å². The van der Waals surface area contributed by atoms with E-state index in [0.29, 0.717) is 6.42 Å². The van der Waals surface area contributed by atoms with Gasteiger partial charge >= 0.3 is 0 Å². The van der Waals surface area contributed by atoms with E-state index in [1.165, 1.54) is 6.07 Å². The van der Waals surface area contributed by atoms with E-state index in [9.17, 15) is 13.2 Å². The van der Waals surface area contributed by atoms with Gasteiger partial charge < -0.3 is 10.2 Å². The van der Waals surface area contributed by atoms with Crippen LogP contribution in [0.25, 0.3) is 0 Å². The van der Waals surface area contributed by atoms with Gasteiger partial charge in [0.05, 0.1) is 0 Å². The highest BCUT2D eigenvalue weighted by atomic mass is 19.2. The summed E-state index contributed by atoms with van der Waals surface area (Å²) in [5.41, 5.74) is 0.254. The standard InChI is InChI=1S/C13H17F3N2/c14-11-4-3-10(12(15)13(11)16)2-1-7-18-8-5-17-6-9-18/h3-4,17H,1-2,5-9H2. The minimum absolute atomic E-state index is 0.254. The van der Waals surface area contributed by atoms with Crippen LogP contribution in [0.2, 0.25) is 0 Å². The van der Waals surface area contributed by atoms with Gasteiger partial charge in [-0.1, -0.05) is 6.07 Å². The molecule has 0 spiro atoms. The lowest BCUT2D eigenvalue weighted by molar-refractivity contribution is 0.238. The van der Waals surface area contributed by atoms with Crippen LogP contribution in [0.15, 0.2) is 12.1 Å². The van der Waals surface area contributed by atoms with Gasteiger partial charge in [0.15, 0.2) is 17.5 Å². The van der Waals surface area contributed by atoms with Crippen LogP contribution < -0.4 is 5.32 Å². The second kappa shape index (κ2) is 6.20. The molecule has 100 valence electrons. The summed E-state index contributed by atoms with van der Waals surface area (Å²) in [6, 6.07) is 2.31. The summed E-state index contributed by atoms with van der Waals surface area (Å²) in [6.45, 7) is 4.78. The van der Waals surface area contributed by atoms with Gasteiger partial charge in [-0.25, -0.2) is 13.2 Å². The van der Waals surface area contributed by atoms with Crippen LogP contribution in [0.5, 0.6) is 0 Å². The molecule has 1 aromatic carbocycles. The van der Waals surface area contributed by atoms with Gasteiger partial charge in [-0.15, -0.1) is 0 Å². The minimum Gasteiger partial charge on any atom is -0.314 e. The highest BCUT2D eigenvalue weighted by molar-refractivity contribution is 5.20. The average Bonchev–Trinajstić information content (AvgIpc) is 2.40. The third-order valence-electron chi connectivity index (χ3n) is 3.25. The summed E-state index contributed by atoms with van der Waals surface area (Å²) in [7, 11) is 0. The van der Waals surface area contributed by atoms with Crippen LogP contribution in [0.3, 0.4) is 0 Å². The lowest BCUT2D eigenvalue weighted by Gasteiger charge is -2.27. The van der Waals surface area contributed by atoms with E-state index in [1.807, 2.05) is 0 Å². The lowest BCUT2D eigenvalue weighted by atomic mass is 10.1. The molecule has 0 amide bonds. The Balaban J connectivity index is 1.84. The van der Waals surface area contributed by atoms with Crippen molar-refractivity contribution in [3.8, 4) is 0 Å². The Kier molecular flexibility index (Phi) is 4.60. The number of halogens is 3. The Bertz CT molecular complexity index is 403. The minimum atomic E-state index is -1.37. The first kappa shape index (κ1) is 13.4. The monoisotopic (exact) mass is 258 g/mol. The van der Waals surface area contributed by atoms with Crippen LogP contribution in [0.1, 0.15) is 12.0 Å². The Hall–Kier alpha value is -1.07. The number of hydrogen-bond acceptors (Lipinski definition) is 2. The number of piperazine rings is 1. The Morgan fingerprint density at radius 1 is 1.06 bits per heavy atom. The van der Waals surface area contributed by atoms with Gasteiger partial charge in [-0.2, -0.15) is 0 Å². The van der Waals surface area contributed by atoms with Gasteiger partial charge in [0.2, 0.25) is 0 Å². The molecule has 1 saturated heterocycles. The van der Waals surface area contributed by atoms with Crippen molar-refractivity contribution in [2.24, 2.45) is 0 Å². The molecule has 0 atom stereocenters. The molecule has 0 aliphatic carbocycles. The van der Waals surface area contributed by atoms with Crippen molar-refractivity contribution < 1.29 is 13.2 Å². The molecular weight excluding hydrogens is 241 g/mol. The van der Waals surface area contributed by atoms with Gasteiger partial charge in [-0.05, 0) is 31.0 Å². The average molecular weight is 258 g/mol. The van der Waals surface area contributed by atoms with Crippen molar-refractivity contribution in [3.05, 3.63) is 35.1 Å². The molecule has 1 aromatic rings. The maximum atomic E-state index is 13.4. The van der Waals surface area contributed by atoms with E-state index in [-0.39, 0.29) is 5.56 Å². The van der Waals surface area contributed by atoms with Gasteiger partial charge in [0.25, 0.3) is 0 Å². The molecule has 2 rings (SSSR count). The van der Waals surface area contributed by atoms with E-state index in [1.54, 1.807) is 0 Å². The number of benzene rings is 1. The van der Waals surface area contributed by atoms with Gasteiger partial charge in [0.1, 0.15) is 0 Å². The molecule has 1 fully saturated rings. The summed E-state index contributed by atoms with van der Waals surface area (Å²) in [5.74, 6) is -3.54. The van der Waals surface area contributed by atoms with Crippen LogP contribution in [0, 0.1) is 17.5 Å². The smallest absolute Gasteiger partial charge is 0.194 e. The fourth-order valence-corrected chi connectivity index (χ4v) is 2.19. The first-order chi connectivity index (χ1) is 8.68. The number of rotatable bonds is 4. The molecule has 0 saturated carbocycles. The molecule has 1 heterocycles. The van der Waals surface area contributed by atoms with Crippen molar-refractivity contribution in [1.29, 1.82) is 0 Å². The molecule has 1 aliphatic rings. The number of aryl methyl sites for hydroxylation is 1. The molecule has 1 aliphatic heterocycles. The van der Waals surface area contributed by atoms with Crippen molar-refractivity contribution >= 4 is 0 Å². The molecular formula is C13H17F3N2. The van der Waals surface area contributed by atoms with E-state index in [4.69, 9.17) is 0 Å². The van der Waals surface area contributed by atoms with E-state index >= 15 is 0 Å². The number of hydrogen-bond donors (Lipinski definition) is 1. The highest BCUT2D eigenvalue weighted by Gasteiger charge is 2.14. The van der Waals surface area contributed by atoms with Crippen molar-refractivity contribution in [3.63, 3.8) is 0 Å². The zero-order valence-corrected chi connectivity index (χ0v) is 10.2. The summed E-state index contributed by atoms with van der Waals surface area (Å²) < 4.78 is 39.1. The van der Waals surface area contributed by atoms with Gasteiger partial charge in [-0.3, -0.25) is 0 Å². The fraction of sp³-hybridized carbons (Fsp3) is 0.538. The normalized spacial score (nSPS) is 17.1. The second-order valence-electron chi connectivity index (χ2n) is 4.53. The summed E-state index contributed by atoms with van der Waals surface area (Å²) in [5, 5.41) is 3.25. The van der Waals surface area contributed by atoms with Crippen LogP contribution >= 0.6 is 0 Å². The maximum Gasteiger partial charge on any atom is 0.194 e. The molecule has 0 radical (unpaired) electrons. The van der Waals surface area contributed by atoms with Crippen LogP contribution in [-0.4, -0.2) is 37.6 Å². The third-order valence-corrected chi connectivity index (χ3v) is 3.25. The summed E-state index contributed by atoms with van der Waals surface area (Å²) in [4.78, 5) is 2.29. The molecule has 0 bridgehead atoms. The predicted molar refractivity (Wildman–Crippen MR) is 63.9 cm³/mol. The second-order valence-corrected chi connectivity index (χ2v) is 4.53. The van der Waals surface area contributed by atoms with E-state index < -0.39 is 17.5 Å². The molecule has 0 unspecified atom stereocenters. The molecule has 0 aromatic heterocycles. The summed E-state index contributed by atoms with van der Waals surface area (Å²) in [6.07, 6.45) is 1.19.